The summed E-state index contributed by atoms with van der Waals surface area (Å²) in [4.78, 5) is 13.7. The number of ether oxygens (including phenoxy) is 1. The summed E-state index contributed by atoms with van der Waals surface area (Å²) in [5, 5.41) is 7.99. The molecule has 1 atom stereocenters. The van der Waals surface area contributed by atoms with Crippen molar-refractivity contribution in [1.82, 2.24) is 14.9 Å². The van der Waals surface area contributed by atoms with Gasteiger partial charge in [-0.05, 0) is 44.5 Å². The van der Waals surface area contributed by atoms with E-state index >= 15 is 0 Å². The molecule has 3 aromatic rings. The number of carbonyl (C=O) groups excluding carboxylic acids is 1. The Labute approximate surface area is 173 Å². The van der Waals surface area contributed by atoms with Gasteiger partial charge in [-0.15, -0.1) is 21.5 Å². The van der Waals surface area contributed by atoms with Crippen molar-refractivity contribution >= 4 is 27.3 Å². The molecule has 3 rings (SSSR count). The Bertz CT molecular complexity index is 1090. The van der Waals surface area contributed by atoms with E-state index in [1.165, 1.54) is 11.3 Å². The van der Waals surface area contributed by atoms with E-state index in [1.807, 2.05) is 31.2 Å². The Morgan fingerprint density at radius 2 is 1.93 bits per heavy atom. The Hall–Kier alpha value is -2.56. The second-order valence-corrected chi connectivity index (χ2v) is 9.54. The van der Waals surface area contributed by atoms with Gasteiger partial charge in [-0.25, -0.2) is 17.9 Å². The molecule has 154 valence electrons. The highest BCUT2D eigenvalue weighted by Crippen LogP contribution is 2.25. The average molecular weight is 436 g/mol. The molecule has 0 radical (unpaired) electrons. The molecule has 1 aromatic carbocycles. The highest BCUT2D eigenvalue weighted by Gasteiger charge is 2.21. The quantitative estimate of drug-likeness (QED) is 0.541. The van der Waals surface area contributed by atoms with Gasteiger partial charge >= 0.3 is 5.97 Å². The summed E-state index contributed by atoms with van der Waals surface area (Å²) in [6.07, 6.45) is 0.893. The molecule has 0 bridgehead atoms. The fraction of sp³-hybridized carbons (Fsp3) is 0.316. The maximum Gasteiger partial charge on any atom is 0.349 e. The fourth-order valence-electron chi connectivity index (χ4n) is 2.46. The largest absolute Gasteiger partial charge is 0.448 e. The lowest BCUT2D eigenvalue weighted by molar-refractivity contribution is 0.0285. The zero-order valence-electron chi connectivity index (χ0n) is 16.2. The van der Waals surface area contributed by atoms with Crippen LogP contribution in [0.2, 0.25) is 0 Å². The van der Waals surface area contributed by atoms with Gasteiger partial charge in [0.1, 0.15) is 4.88 Å². The number of rotatable bonds is 8. The normalized spacial score (nSPS) is 12.7. The summed E-state index contributed by atoms with van der Waals surface area (Å²) in [6, 6.07) is 11.1. The van der Waals surface area contributed by atoms with Crippen molar-refractivity contribution in [1.29, 1.82) is 0 Å². The van der Waals surface area contributed by atoms with Gasteiger partial charge in [-0.3, -0.25) is 0 Å². The molecule has 1 N–H and O–H groups in total. The van der Waals surface area contributed by atoms with E-state index in [4.69, 9.17) is 9.15 Å². The Balaban J connectivity index is 1.59. The number of aromatic nitrogens is 2. The summed E-state index contributed by atoms with van der Waals surface area (Å²) in [5.41, 5.74) is 1.91. The van der Waals surface area contributed by atoms with Crippen molar-refractivity contribution in [2.24, 2.45) is 0 Å². The summed E-state index contributed by atoms with van der Waals surface area (Å²) >= 11 is 1.26. The minimum atomic E-state index is -3.23. The van der Waals surface area contributed by atoms with Gasteiger partial charge in [0.25, 0.3) is 5.89 Å². The van der Waals surface area contributed by atoms with E-state index in [1.54, 1.807) is 19.1 Å². The van der Waals surface area contributed by atoms with Crippen LogP contribution >= 0.6 is 11.3 Å². The number of hydrogen-bond acceptors (Lipinski definition) is 8. The molecule has 0 aliphatic heterocycles. The number of benzene rings is 1. The second-order valence-electron chi connectivity index (χ2n) is 6.54. The maximum absolute atomic E-state index is 12.4. The first-order valence-corrected chi connectivity index (χ1v) is 11.6. The number of sulfonamides is 1. The third-order valence-corrected chi connectivity index (χ3v) is 5.82. The highest BCUT2D eigenvalue weighted by atomic mass is 32.2. The van der Waals surface area contributed by atoms with E-state index in [0.29, 0.717) is 17.2 Å². The van der Waals surface area contributed by atoms with Crippen LogP contribution in [0.25, 0.3) is 11.5 Å². The van der Waals surface area contributed by atoms with Crippen LogP contribution in [0.4, 0.5) is 0 Å². The molecule has 8 nitrogen and oxygen atoms in total. The van der Waals surface area contributed by atoms with Crippen LogP contribution in [0.1, 0.15) is 39.0 Å². The van der Waals surface area contributed by atoms with E-state index in [0.717, 1.165) is 22.3 Å². The van der Waals surface area contributed by atoms with E-state index in [-0.39, 0.29) is 12.4 Å². The maximum atomic E-state index is 12.4. The van der Waals surface area contributed by atoms with E-state index in [9.17, 15) is 13.2 Å². The minimum absolute atomic E-state index is 0.211. The Morgan fingerprint density at radius 3 is 2.62 bits per heavy atom. The molecular weight excluding hydrogens is 414 g/mol. The van der Waals surface area contributed by atoms with Crippen LogP contribution in [0.5, 0.6) is 0 Å². The zero-order chi connectivity index (χ0) is 21.0. The first kappa shape index (κ1) is 21.2. The molecule has 0 fully saturated rings. The van der Waals surface area contributed by atoms with Crippen molar-refractivity contribution in [3.8, 4) is 11.5 Å². The number of hydrogen-bond donors (Lipinski definition) is 1. The predicted molar refractivity (Wildman–Crippen MR) is 109 cm³/mol. The third-order valence-electron chi connectivity index (χ3n) is 3.97. The van der Waals surface area contributed by atoms with Gasteiger partial charge in [0.15, 0.2) is 6.10 Å². The second kappa shape index (κ2) is 8.85. The van der Waals surface area contributed by atoms with E-state index < -0.39 is 22.1 Å². The van der Waals surface area contributed by atoms with Gasteiger partial charge < -0.3 is 9.15 Å². The molecule has 0 aliphatic rings. The van der Waals surface area contributed by atoms with Crippen molar-refractivity contribution in [3.05, 3.63) is 57.6 Å². The topological polar surface area (TPSA) is 111 Å². The van der Waals surface area contributed by atoms with Crippen molar-refractivity contribution in [2.75, 3.05) is 12.8 Å². The molecule has 0 saturated heterocycles. The SMILES string of the molecule is Cc1ccc(-c2nnc([C@@H](C)OC(=O)c3ccc(CCNS(C)(=O)=O)s3)o2)cc1. The highest BCUT2D eigenvalue weighted by molar-refractivity contribution is 7.88. The minimum Gasteiger partial charge on any atom is -0.448 e. The summed E-state index contributed by atoms with van der Waals surface area (Å²) < 4.78 is 35.7. The molecule has 10 heteroatoms. The van der Waals surface area contributed by atoms with Crippen LogP contribution in [-0.2, 0) is 21.2 Å². The Kier molecular flexibility index (Phi) is 6.46. The molecule has 0 amide bonds. The first-order valence-electron chi connectivity index (χ1n) is 8.86. The van der Waals surface area contributed by atoms with Gasteiger partial charge in [-0.2, -0.15) is 0 Å². The van der Waals surface area contributed by atoms with Gasteiger partial charge in [0, 0.05) is 17.0 Å². The number of esters is 1. The van der Waals surface area contributed by atoms with Crippen molar-refractivity contribution < 1.29 is 22.4 Å². The van der Waals surface area contributed by atoms with Crippen LogP contribution in [0.15, 0.2) is 40.8 Å². The monoisotopic (exact) mass is 435 g/mol. The predicted octanol–water partition coefficient (Wildman–Crippen LogP) is 3.12. The Morgan fingerprint density at radius 1 is 1.21 bits per heavy atom. The molecule has 2 aromatic heterocycles. The zero-order valence-corrected chi connectivity index (χ0v) is 17.8. The first-order chi connectivity index (χ1) is 13.7. The lowest BCUT2D eigenvalue weighted by Crippen LogP contribution is -2.23. The molecule has 0 unspecified atom stereocenters. The van der Waals surface area contributed by atoms with Crippen LogP contribution in [0.3, 0.4) is 0 Å². The molecular formula is C19H21N3O5S2. The number of aryl methyl sites for hydroxylation is 1. The molecule has 2 heterocycles. The number of nitrogens with zero attached hydrogens (tertiary/aromatic N) is 2. The molecule has 0 spiro atoms. The number of nitrogens with one attached hydrogen (secondary N) is 1. The van der Waals surface area contributed by atoms with Gasteiger partial charge in [0.2, 0.25) is 15.9 Å². The van der Waals surface area contributed by atoms with Crippen LogP contribution in [-0.4, -0.2) is 37.4 Å². The third kappa shape index (κ3) is 5.96. The summed E-state index contributed by atoms with van der Waals surface area (Å²) in [6.45, 7) is 3.92. The summed E-state index contributed by atoms with van der Waals surface area (Å²) in [7, 11) is -3.23. The smallest absolute Gasteiger partial charge is 0.349 e. The molecule has 0 aliphatic carbocycles. The molecule has 0 saturated carbocycles. The molecule has 29 heavy (non-hydrogen) atoms. The van der Waals surface area contributed by atoms with Crippen LogP contribution < -0.4 is 4.72 Å². The van der Waals surface area contributed by atoms with Gasteiger partial charge in [-0.1, -0.05) is 17.7 Å². The standard InChI is InChI=1S/C19H21N3O5S2/c1-12-4-6-14(7-5-12)18-22-21-17(27-18)13(2)26-19(23)16-9-8-15(28-16)10-11-20-29(3,24)25/h4-9,13,20H,10-11H2,1-3H3/t13-/m1/s1. The number of thiophene rings is 1. The van der Waals surface area contributed by atoms with Crippen molar-refractivity contribution in [2.45, 2.75) is 26.4 Å². The van der Waals surface area contributed by atoms with Crippen molar-refractivity contribution in [3.63, 3.8) is 0 Å². The van der Waals surface area contributed by atoms with Gasteiger partial charge in [0.05, 0.1) is 6.26 Å². The summed E-state index contributed by atoms with van der Waals surface area (Å²) in [5.74, 6) is 0.0719. The average Bonchev–Trinajstić information content (AvgIpc) is 3.31. The van der Waals surface area contributed by atoms with E-state index in [2.05, 4.69) is 14.9 Å². The number of carbonyl (C=O) groups is 1. The lowest BCUT2D eigenvalue weighted by Gasteiger charge is -2.08. The fourth-order valence-corrected chi connectivity index (χ4v) is 3.83. The lowest BCUT2D eigenvalue weighted by atomic mass is 10.1. The van der Waals surface area contributed by atoms with Crippen LogP contribution in [0, 0.1) is 6.92 Å².